The van der Waals surface area contributed by atoms with E-state index in [9.17, 15) is 18.5 Å². The third-order valence-corrected chi connectivity index (χ3v) is 4.69. The van der Waals surface area contributed by atoms with Crippen molar-refractivity contribution in [2.45, 2.75) is 24.3 Å². The number of nitrogens with one attached hydrogen (secondary N) is 1. The summed E-state index contributed by atoms with van der Waals surface area (Å²) in [6.45, 7) is 1.49. The third kappa shape index (κ3) is 3.58. The molecule has 0 aliphatic carbocycles. The summed E-state index contributed by atoms with van der Waals surface area (Å²) in [4.78, 5) is 9.51. The summed E-state index contributed by atoms with van der Waals surface area (Å²) in [5.74, 6) is 0. The van der Waals surface area contributed by atoms with Crippen LogP contribution in [0.1, 0.15) is 13.3 Å². The van der Waals surface area contributed by atoms with Gasteiger partial charge in [0.1, 0.15) is 14.9 Å². The normalized spacial score (nSPS) is 12.7. The molecule has 1 atom stereocenters. The monoisotopic (exact) mass is 337 g/mol. The van der Waals surface area contributed by atoms with Crippen molar-refractivity contribution in [2.24, 2.45) is 0 Å². The van der Waals surface area contributed by atoms with Gasteiger partial charge in [-0.15, -0.1) is 0 Å². The van der Waals surface area contributed by atoms with Crippen LogP contribution in [0.2, 0.25) is 10.0 Å². The van der Waals surface area contributed by atoms with Crippen molar-refractivity contribution in [3.63, 3.8) is 0 Å². The maximum Gasteiger partial charge on any atom is 0.307 e. The Morgan fingerprint density at radius 1 is 1.50 bits per heavy atom. The van der Waals surface area contributed by atoms with Gasteiger partial charge in [0.15, 0.2) is 0 Å². The van der Waals surface area contributed by atoms with Gasteiger partial charge in [-0.3, -0.25) is 10.1 Å². The maximum atomic E-state index is 12.1. The standard InChI is InChI=1S/C10H9Cl2N3O4S/c1-6(4-5-13)14-20(18,19)8-3-2-7(11)10(9(8)12)15(16)17/h2-3,6,14H,4H2,1H3. The van der Waals surface area contributed by atoms with E-state index in [1.807, 2.05) is 0 Å². The Bertz CT molecular complexity index is 684. The number of nitro groups is 1. The molecule has 1 aromatic rings. The van der Waals surface area contributed by atoms with E-state index in [0.717, 1.165) is 12.1 Å². The van der Waals surface area contributed by atoms with Gasteiger partial charge in [0, 0.05) is 6.04 Å². The molecule has 0 radical (unpaired) electrons. The SMILES string of the molecule is CC(CC#N)NS(=O)(=O)c1ccc(Cl)c([N+](=O)[O-])c1Cl. The summed E-state index contributed by atoms with van der Waals surface area (Å²) < 4.78 is 26.3. The quantitative estimate of drug-likeness (QED) is 0.654. The lowest BCUT2D eigenvalue weighted by Gasteiger charge is -2.12. The van der Waals surface area contributed by atoms with Crippen molar-refractivity contribution >= 4 is 38.9 Å². The number of rotatable bonds is 5. The molecular formula is C10H9Cl2N3O4S. The van der Waals surface area contributed by atoms with Gasteiger partial charge in [0.2, 0.25) is 10.0 Å². The number of nitro benzene ring substituents is 1. The molecule has 7 nitrogen and oxygen atoms in total. The van der Waals surface area contributed by atoms with Crippen LogP contribution >= 0.6 is 23.2 Å². The molecule has 0 aliphatic rings. The largest absolute Gasteiger partial charge is 0.307 e. The summed E-state index contributed by atoms with van der Waals surface area (Å²) in [5.41, 5.74) is -0.677. The fourth-order valence-corrected chi connectivity index (χ4v) is 3.54. The first kappa shape index (κ1) is 16.7. The van der Waals surface area contributed by atoms with Gasteiger partial charge in [0.05, 0.1) is 17.4 Å². The molecule has 0 fully saturated rings. The Morgan fingerprint density at radius 2 is 2.10 bits per heavy atom. The molecule has 0 saturated heterocycles. The van der Waals surface area contributed by atoms with Crippen LogP contribution in [0.5, 0.6) is 0 Å². The minimum Gasteiger partial charge on any atom is -0.258 e. The second-order valence-electron chi connectivity index (χ2n) is 3.85. The molecule has 0 saturated carbocycles. The number of halogens is 2. The lowest BCUT2D eigenvalue weighted by Crippen LogP contribution is -2.32. The van der Waals surface area contributed by atoms with Gasteiger partial charge in [-0.2, -0.15) is 5.26 Å². The minimum absolute atomic E-state index is 0.0491. The van der Waals surface area contributed by atoms with E-state index in [0.29, 0.717) is 0 Å². The predicted molar refractivity (Wildman–Crippen MR) is 73.1 cm³/mol. The lowest BCUT2D eigenvalue weighted by molar-refractivity contribution is -0.384. The number of nitriles is 1. The summed E-state index contributed by atoms with van der Waals surface area (Å²) in [6, 6.07) is 3.30. The van der Waals surface area contributed by atoms with E-state index in [4.69, 9.17) is 28.5 Å². The first-order valence-electron chi connectivity index (χ1n) is 5.22. The zero-order valence-corrected chi connectivity index (χ0v) is 12.5. The molecule has 0 aromatic heterocycles. The molecule has 0 aliphatic heterocycles. The van der Waals surface area contributed by atoms with Crippen LogP contribution in [0.4, 0.5) is 5.69 Å². The Labute approximate surface area is 125 Å². The average molecular weight is 338 g/mol. The van der Waals surface area contributed by atoms with Gasteiger partial charge in [0.25, 0.3) is 0 Å². The molecule has 1 unspecified atom stereocenters. The summed E-state index contributed by atoms with van der Waals surface area (Å²) in [6.07, 6.45) is -0.0491. The maximum absolute atomic E-state index is 12.1. The second kappa shape index (κ2) is 6.37. The highest BCUT2D eigenvalue weighted by atomic mass is 35.5. The highest BCUT2D eigenvalue weighted by Crippen LogP contribution is 2.37. The molecule has 0 bridgehead atoms. The fourth-order valence-electron chi connectivity index (χ4n) is 1.40. The molecule has 108 valence electrons. The first-order valence-corrected chi connectivity index (χ1v) is 7.46. The number of hydrogen-bond donors (Lipinski definition) is 1. The molecule has 10 heteroatoms. The van der Waals surface area contributed by atoms with Crippen molar-refractivity contribution in [2.75, 3.05) is 0 Å². The fraction of sp³-hybridized carbons (Fsp3) is 0.300. The van der Waals surface area contributed by atoms with Gasteiger partial charge in [-0.1, -0.05) is 23.2 Å². The number of sulfonamides is 1. The molecule has 20 heavy (non-hydrogen) atoms. The molecule has 0 amide bonds. The van der Waals surface area contributed by atoms with Crippen molar-refractivity contribution in [3.8, 4) is 6.07 Å². The van der Waals surface area contributed by atoms with Gasteiger partial charge >= 0.3 is 5.69 Å². The van der Waals surface area contributed by atoms with Crippen LogP contribution in [-0.4, -0.2) is 19.4 Å². The number of benzene rings is 1. The van der Waals surface area contributed by atoms with Crippen LogP contribution in [0.25, 0.3) is 0 Å². The van der Waals surface area contributed by atoms with Gasteiger partial charge in [-0.25, -0.2) is 13.1 Å². The minimum atomic E-state index is -4.08. The van der Waals surface area contributed by atoms with Crippen LogP contribution < -0.4 is 4.72 Å². The Balaban J connectivity index is 3.31. The highest BCUT2D eigenvalue weighted by Gasteiger charge is 2.28. The van der Waals surface area contributed by atoms with Crippen molar-refractivity contribution in [1.29, 1.82) is 5.26 Å². The van der Waals surface area contributed by atoms with E-state index < -0.39 is 36.6 Å². The lowest BCUT2D eigenvalue weighted by atomic mass is 10.3. The zero-order chi connectivity index (χ0) is 15.5. The molecule has 1 N–H and O–H groups in total. The molecule has 1 aromatic carbocycles. The van der Waals surface area contributed by atoms with E-state index in [1.54, 1.807) is 6.07 Å². The second-order valence-corrected chi connectivity index (χ2v) is 6.32. The van der Waals surface area contributed by atoms with Crippen molar-refractivity contribution < 1.29 is 13.3 Å². The van der Waals surface area contributed by atoms with E-state index >= 15 is 0 Å². The number of hydrogen-bond acceptors (Lipinski definition) is 5. The molecule has 0 heterocycles. The van der Waals surface area contributed by atoms with Crippen molar-refractivity contribution in [3.05, 3.63) is 32.3 Å². The van der Waals surface area contributed by atoms with E-state index in [-0.39, 0.29) is 11.4 Å². The average Bonchev–Trinajstić information content (AvgIpc) is 2.27. The third-order valence-electron chi connectivity index (χ3n) is 2.26. The Hall–Kier alpha value is -1.40. The van der Waals surface area contributed by atoms with Crippen LogP contribution in [0.15, 0.2) is 17.0 Å². The molecule has 1 rings (SSSR count). The van der Waals surface area contributed by atoms with E-state index in [1.165, 1.54) is 6.92 Å². The van der Waals surface area contributed by atoms with Crippen LogP contribution in [0, 0.1) is 21.4 Å². The summed E-state index contributed by atoms with van der Waals surface area (Å²) in [7, 11) is -4.08. The highest BCUT2D eigenvalue weighted by molar-refractivity contribution is 7.89. The topological polar surface area (TPSA) is 113 Å². The Kier molecular flexibility index (Phi) is 5.30. The number of nitrogens with zero attached hydrogens (tertiary/aromatic N) is 2. The molecule has 0 spiro atoms. The first-order chi connectivity index (χ1) is 9.20. The van der Waals surface area contributed by atoms with Gasteiger partial charge < -0.3 is 0 Å². The van der Waals surface area contributed by atoms with Crippen LogP contribution in [0.3, 0.4) is 0 Å². The smallest absolute Gasteiger partial charge is 0.258 e. The predicted octanol–water partition coefficient (Wildman–Crippen LogP) is 2.48. The molecular weight excluding hydrogens is 329 g/mol. The summed E-state index contributed by atoms with van der Waals surface area (Å²) >= 11 is 11.4. The van der Waals surface area contributed by atoms with Gasteiger partial charge in [-0.05, 0) is 19.1 Å². The van der Waals surface area contributed by atoms with E-state index in [2.05, 4.69) is 4.72 Å². The zero-order valence-electron chi connectivity index (χ0n) is 10.1. The summed E-state index contributed by atoms with van der Waals surface area (Å²) in [5, 5.41) is 18.5. The Morgan fingerprint density at radius 3 is 2.60 bits per heavy atom. The van der Waals surface area contributed by atoms with Crippen molar-refractivity contribution in [1.82, 2.24) is 4.72 Å². The van der Waals surface area contributed by atoms with Crippen LogP contribution in [-0.2, 0) is 10.0 Å².